The van der Waals surface area contributed by atoms with Gasteiger partial charge in [-0.1, -0.05) is 5.16 Å². The molecule has 0 N–H and O–H groups in total. The Kier molecular flexibility index (Phi) is 3.89. The highest BCUT2D eigenvalue weighted by atomic mass is 16.5. The van der Waals surface area contributed by atoms with Crippen LogP contribution in [0.1, 0.15) is 17.9 Å². The van der Waals surface area contributed by atoms with Gasteiger partial charge in [0.2, 0.25) is 0 Å². The van der Waals surface area contributed by atoms with Gasteiger partial charge in [-0.05, 0) is 26.3 Å². The lowest BCUT2D eigenvalue weighted by molar-refractivity contribution is 0.0543. The number of hydrogen-bond acceptors (Lipinski definition) is 7. The molecule has 0 aromatic carbocycles. The number of ether oxygens (including phenoxy) is 1. The zero-order valence-corrected chi connectivity index (χ0v) is 13.8. The van der Waals surface area contributed by atoms with Gasteiger partial charge in [-0.2, -0.15) is 10.1 Å². The molecule has 1 saturated heterocycles. The van der Waals surface area contributed by atoms with Gasteiger partial charge in [0.1, 0.15) is 17.0 Å². The zero-order valence-electron chi connectivity index (χ0n) is 13.8. The molecular weight excluding hydrogens is 308 g/mol. The van der Waals surface area contributed by atoms with E-state index in [1.165, 1.54) is 0 Å². The molecule has 1 atom stereocenters. The molecule has 0 bridgehead atoms. The number of anilines is 1. The monoisotopic (exact) mass is 328 g/mol. The Hall–Kier alpha value is -2.48. The first kappa shape index (κ1) is 15.1. The zero-order chi connectivity index (χ0) is 16.5. The summed E-state index contributed by atoms with van der Waals surface area (Å²) in [6, 6.07) is 1.92. The second kappa shape index (κ2) is 6.20. The second-order valence-electron chi connectivity index (χ2n) is 6.06. The van der Waals surface area contributed by atoms with Gasteiger partial charge in [0.15, 0.2) is 0 Å². The van der Waals surface area contributed by atoms with Crippen LogP contribution in [0, 0.1) is 13.8 Å². The standard InChI is InChI=1S/C16H20N6O2/c1-11-14-15(18-12(2)19-16(14)24-20-11)21-6-4-8-23-13(9-21)10-22-7-3-5-17-22/h3,5,7,13H,4,6,8-10H2,1-2H3/t13-/m0/s1. The maximum Gasteiger partial charge on any atom is 0.263 e. The minimum Gasteiger partial charge on any atom is -0.374 e. The maximum atomic E-state index is 6.00. The minimum atomic E-state index is 0.0536. The SMILES string of the molecule is Cc1nc(N2CCCO[C@H](Cn3cccn3)C2)c2c(C)noc2n1. The van der Waals surface area contributed by atoms with E-state index in [9.17, 15) is 0 Å². The molecule has 0 unspecified atom stereocenters. The number of hydrogen-bond donors (Lipinski definition) is 0. The quantitative estimate of drug-likeness (QED) is 0.724. The summed E-state index contributed by atoms with van der Waals surface area (Å²) in [5.74, 6) is 1.56. The number of aryl methyl sites for hydroxylation is 2. The molecule has 3 aromatic heterocycles. The summed E-state index contributed by atoms with van der Waals surface area (Å²) in [7, 11) is 0. The van der Waals surface area contributed by atoms with Crippen molar-refractivity contribution in [2.45, 2.75) is 32.9 Å². The predicted octanol–water partition coefficient (Wildman–Crippen LogP) is 1.73. The highest BCUT2D eigenvalue weighted by Crippen LogP contribution is 2.28. The first-order chi connectivity index (χ1) is 11.7. The van der Waals surface area contributed by atoms with Crippen LogP contribution in [0.15, 0.2) is 23.0 Å². The van der Waals surface area contributed by atoms with Gasteiger partial charge in [0, 0.05) is 32.1 Å². The van der Waals surface area contributed by atoms with E-state index in [0.29, 0.717) is 11.5 Å². The van der Waals surface area contributed by atoms with E-state index in [4.69, 9.17) is 9.26 Å². The van der Waals surface area contributed by atoms with Crippen molar-refractivity contribution in [1.29, 1.82) is 0 Å². The third-order valence-electron chi connectivity index (χ3n) is 4.20. The fourth-order valence-electron chi connectivity index (χ4n) is 3.12. The molecule has 0 saturated carbocycles. The van der Waals surface area contributed by atoms with E-state index in [2.05, 4.69) is 25.1 Å². The molecule has 0 spiro atoms. The molecule has 1 aliphatic rings. The molecule has 8 heteroatoms. The topological polar surface area (TPSA) is 82.1 Å². The van der Waals surface area contributed by atoms with E-state index < -0.39 is 0 Å². The van der Waals surface area contributed by atoms with E-state index in [1.807, 2.05) is 30.8 Å². The van der Waals surface area contributed by atoms with Gasteiger partial charge in [-0.25, -0.2) is 4.98 Å². The molecular formula is C16H20N6O2. The van der Waals surface area contributed by atoms with Crippen LogP contribution >= 0.6 is 0 Å². The summed E-state index contributed by atoms with van der Waals surface area (Å²) in [5.41, 5.74) is 1.36. The van der Waals surface area contributed by atoms with Crippen molar-refractivity contribution < 1.29 is 9.26 Å². The van der Waals surface area contributed by atoms with Gasteiger partial charge >= 0.3 is 0 Å². The number of aromatic nitrogens is 5. The Labute approximate surface area is 139 Å². The van der Waals surface area contributed by atoms with Gasteiger partial charge in [-0.15, -0.1) is 0 Å². The molecule has 0 amide bonds. The molecule has 1 aliphatic heterocycles. The Morgan fingerprint density at radius 3 is 3.04 bits per heavy atom. The van der Waals surface area contributed by atoms with E-state index >= 15 is 0 Å². The van der Waals surface area contributed by atoms with E-state index in [-0.39, 0.29) is 6.10 Å². The number of fused-ring (bicyclic) bond motifs is 1. The lowest BCUT2D eigenvalue weighted by Crippen LogP contribution is -2.35. The van der Waals surface area contributed by atoms with Crippen molar-refractivity contribution in [3.8, 4) is 0 Å². The van der Waals surface area contributed by atoms with E-state index in [0.717, 1.165) is 49.6 Å². The van der Waals surface area contributed by atoms with Crippen LogP contribution in [0.25, 0.3) is 11.1 Å². The summed E-state index contributed by atoms with van der Waals surface area (Å²) < 4.78 is 13.2. The summed E-state index contributed by atoms with van der Waals surface area (Å²) in [5, 5.41) is 9.21. The average Bonchev–Trinajstić information content (AvgIpc) is 3.12. The Morgan fingerprint density at radius 2 is 2.21 bits per heavy atom. The minimum absolute atomic E-state index is 0.0536. The maximum absolute atomic E-state index is 6.00. The van der Waals surface area contributed by atoms with Crippen LogP contribution < -0.4 is 4.90 Å². The van der Waals surface area contributed by atoms with Gasteiger partial charge < -0.3 is 14.2 Å². The van der Waals surface area contributed by atoms with Crippen LogP contribution in [-0.2, 0) is 11.3 Å². The first-order valence-corrected chi connectivity index (χ1v) is 8.15. The third-order valence-corrected chi connectivity index (χ3v) is 4.20. The molecule has 8 nitrogen and oxygen atoms in total. The van der Waals surface area contributed by atoms with E-state index in [1.54, 1.807) is 6.20 Å². The summed E-state index contributed by atoms with van der Waals surface area (Å²) in [6.45, 7) is 6.87. The van der Waals surface area contributed by atoms with Crippen molar-refractivity contribution >= 4 is 16.9 Å². The number of rotatable bonds is 3. The van der Waals surface area contributed by atoms with Crippen molar-refractivity contribution in [1.82, 2.24) is 24.9 Å². The summed E-state index contributed by atoms with van der Waals surface area (Å²) in [6.07, 6.45) is 4.74. The highest BCUT2D eigenvalue weighted by molar-refractivity contribution is 5.88. The third kappa shape index (κ3) is 2.84. The van der Waals surface area contributed by atoms with Crippen molar-refractivity contribution in [3.63, 3.8) is 0 Å². The van der Waals surface area contributed by atoms with Crippen LogP contribution in [0.2, 0.25) is 0 Å². The Morgan fingerprint density at radius 1 is 1.29 bits per heavy atom. The molecule has 126 valence electrons. The van der Waals surface area contributed by atoms with Gasteiger partial charge in [-0.3, -0.25) is 4.68 Å². The Balaban J connectivity index is 1.66. The van der Waals surface area contributed by atoms with Crippen LogP contribution in [0.5, 0.6) is 0 Å². The Bertz CT molecular complexity index is 829. The van der Waals surface area contributed by atoms with Crippen LogP contribution in [0.3, 0.4) is 0 Å². The molecule has 0 aliphatic carbocycles. The molecule has 24 heavy (non-hydrogen) atoms. The summed E-state index contributed by atoms with van der Waals surface area (Å²) in [4.78, 5) is 11.3. The first-order valence-electron chi connectivity index (χ1n) is 8.15. The lowest BCUT2D eigenvalue weighted by atomic mass is 10.2. The average molecular weight is 328 g/mol. The fourth-order valence-corrected chi connectivity index (χ4v) is 3.12. The lowest BCUT2D eigenvalue weighted by Gasteiger charge is -2.25. The molecule has 3 aromatic rings. The van der Waals surface area contributed by atoms with Crippen molar-refractivity contribution in [2.24, 2.45) is 0 Å². The smallest absolute Gasteiger partial charge is 0.263 e. The molecule has 4 heterocycles. The van der Waals surface area contributed by atoms with Crippen molar-refractivity contribution in [2.75, 3.05) is 24.6 Å². The van der Waals surface area contributed by atoms with Crippen LogP contribution in [0.4, 0.5) is 5.82 Å². The largest absolute Gasteiger partial charge is 0.374 e. The highest BCUT2D eigenvalue weighted by Gasteiger charge is 2.24. The van der Waals surface area contributed by atoms with Crippen LogP contribution in [-0.4, -0.2) is 50.7 Å². The predicted molar refractivity (Wildman–Crippen MR) is 87.9 cm³/mol. The fraction of sp³-hybridized carbons (Fsp3) is 0.500. The van der Waals surface area contributed by atoms with Gasteiger partial charge in [0.05, 0.1) is 18.3 Å². The second-order valence-corrected chi connectivity index (χ2v) is 6.06. The number of nitrogens with zero attached hydrogens (tertiary/aromatic N) is 6. The molecule has 1 fully saturated rings. The summed E-state index contributed by atoms with van der Waals surface area (Å²) >= 11 is 0. The molecule has 4 rings (SSSR count). The molecule has 0 radical (unpaired) electrons. The van der Waals surface area contributed by atoms with Crippen molar-refractivity contribution in [3.05, 3.63) is 30.0 Å². The normalized spacial score (nSPS) is 18.9. The van der Waals surface area contributed by atoms with Gasteiger partial charge in [0.25, 0.3) is 5.71 Å².